The minimum Gasteiger partial charge on any atom is -0.359 e. The number of fused-ring (bicyclic) bond motifs is 1. The fraction of sp³-hybridized carbons (Fsp3) is 0.133. The normalized spacial score (nSPS) is 20.1. The number of nitrogens with zero attached hydrogens (tertiary/aromatic N) is 1. The van der Waals surface area contributed by atoms with Crippen LogP contribution in [0.5, 0.6) is 0 Å². The summed E-state index contributed by atoms with van der Waals surface area (Å²) >= 11 is 0. The predicted molar refractivity (Wildman–Crippen MR) is 78.0 cm³/mol. The largest absolute Gasteiger partial charge is 0.359 e. The SMILES string of the molecule is CC1(c2ccccc2)NC(=O)c2cc([N+](=O)[O-])ccc2N1. The van der Waals surface area contributed by atoms with Crippen molar-refractivity contribution in [2.45, 2.75) is 12.6 Å². The first-order chi connectivity index (χ1) is 9.99. The number of hydrogen-bond acceptors (Lipinski definition) is 4. The number of carbonyl (C=O) groups excluding carboxylic acids is 1. The molecule has 1 unspecified atom stereocenters. The van der Waals surface area contributed by atoms with E-state index in [4.69, 9.17) is 0 Å². The van der Waals surface area contributed by atoms with Crippen molar-refractivity contribution in [2.75, 3.05) is 5.32 Å². The van der Waals surface area contributed by atoms with Gasteiger partial charge in [-0.2, -0.15) is 0 Å². The number of amides is 1. The fourth-order valence-electron chi connectivity index (χ4n) is 2.45. The summed E-state index contributed by atoms with van der Waals surface area (Å²) < 4.78 is 0. The van der Waals surface area contributed by atoms with Crippen LogP contribution in [0, 0.1) is 10.1 Å². The molecular weight excluding hydrogens is 270 g/mol. The summed E-state index contributed by atoms with van der Waals surface area (Å²) in [6, 6.07) is 13.7. The topological polar surface area (TPSA) is 84.3 Å². The molecule has 21 heavy (non-hydrogen) atoms. The Bertz CT molecular complexity index is 730. The fourth-order valence-corrected chi connectivity index (χ4v) is 2.45. The lowest BCUT2D eigenvalue weighted by atomic mass is 9.96. The van der Waals surface area contributed by atoms with E-state index in [0.717, 1.165) is 5.56 Å². The second-order valence-corrected chi connectivity index (χ2v) is 5.06. The molecule has 0 saturated carbocycles. The summed E-state index contributed by atoms with van der Waals surface area (Å²) in [5, 5.41) is 16.9. The Hall–Kier alpha value is -2.89. The van der Waals surface area contributed by atoms with Gasteiger partial charge in [-0.25, -0.2) is 0 Å². The molecule has 6 heteroatoms. The number of nitro benzene ring substituents is 1. The number of nitro groups is 1. The first-order valence-corrected chi connectivity index (χ1v) is 6.44. The lowest BCUT2D eigenvalue weighted by Gasteiger charge is -2.37. The third-order valence-corrected chi connectivity index (χ3v) is 3.56. The van der Waals surface area contributed by atoms with Crippen LogP contribution >= 0.6 is 0 Å². The minimum absolute atomic E-state index is 0.103. The zero-order valence-electron chi connectivity index (χ0n) is 11.3. The van der Waals surface area contributed by atoms with E-state index in [0.29, 0.717) is 5.69 Å². The van der Waals surface area contributed by atoms with Crippen LogP contribution in [-0.4, -0.2) is 10.8 Å². The third-order valence-electron chi connectivity index (χ3n) is 3.56. The molecule has 2 N–H and O–H groups in total. The highest BCUT2D eigenvalue weighted by atomic mass is 16.6. The van der Waals surface area contributed by atoms with Crippen LogP contribution in [-0.2, 0) is 5.66 Å². The van der Waals surface area contributed by atoms with Crippen LogP contribution in [0.15, 0.2) is 48.5 Å². The molecule has 2 aromatic rings. The van der Waals surface area contributed by atoms with Crippen LogP contribution in [0.3, 0.4) is 0 Å². The Morgan fingerprint density at radius 1 is 1.10 bits per heavy atom. The average Bonchev–Trinajstić information content (AvgIpc) is 2.47. The molecule has 1 heterocycles. The number of non-ortho nitro benzene ring substituents is 1. The van der Waals surface area contributed by atoms with Crippen LogP contribution in [0.4, 0.5) is 11.4 Å². The molecule has 0 spiro atoms. The summed E-state index contributed by atoms with van der Waals surface area (Å²) in [6.07, 6.45) is 0. The smallest absolute Gasteiger partial charge is 0.270 e. The summed E-state index contributed by atoms with van der Waals surface area (Å²) in [7, 11) is 0. The van der Waals surface area contributed by atoms with E-state index in [1.54, 1.807) is 6.07 Å². The van der Waals surface area contributed by atoms with Gasteiger partial charge in [0.15, 0.2) is 0 Å². The van der Waals surface area contributed by atoms with Gasteiger partial charge in [0, 0.05) is 17.8 Å². The van der Waals surface area contributed by atoms with Gasteiger partial charge in [-0.3, -0.25) is 14.9 Å². The summed E-state index contributed by atoms with van der Waals surface area (Å²) in [4.78, 5) is 22.6. The van der Waals surface area contributed by atoms with Gasteiger partial charge < -0.3 is 10.6 Å². The van der Waals surface area contributed by atoms with Gasteiger partial charge in [-0.1, -0.05) is 30.3 Å². The molecule has 0 fully saturated rings. The van der Waals surface area contributed by atoms with Crippen molar-refractivity contribution < 1.29 is 9.72 Å². The molecule has 6 nitrogen and oxygen atoms in total. The van der Waals surface area contributed by atoms with Gasteiger partial charge in [-0.15, -0.1) is 0 Å². The molecule has 0 radical (unpaired) electrons. The van der Waals surface area contributed by atoms with Gasteiger partial charge in [0.1, 0.15) is 5.66 Å². The maximum atomic E-state index is 12.3. The molecule has 0 bridgehead atoms. The minimum atomic E-state index is -0.749. The van der Waals surface area contributed by atoms with E-state index in [1.165, 1.54) is 12.1 Å². The first kappa shape index (κ1) is 13.1. The van der Waals surface area contributed by atoms with Crippen molar-refractivity contribution in [3.8, 4) is 0 Å². The lowest BCUT2D eigenvalue weighted by molar-refractivity contribution is -0.384. The van der Waals surface area contributed by atoms with Crippen LogP contribution in [0.1, 0.15) is 22.8 Å². The Kier molecular flexibility index (Phi) is 2.86. The number of hydrogen-bond donors (Lipinski definition) is 2. The molecule has 2 aromatic carbocycles. The predicted octanol–water partition coefficient (Wildman–Crippen LogP) is 2.62. The summed E-state index contributed by atoms with van der Waals surface area (Å²) in [5.74, 6) is -0.334. The molecule has 0 aliphatic carbocycles. The van der Waals surface area contributed by atoms with Gasteiger partial charge in [-0.05, 0) is 18.6 Å². The maximum Gasteiger partial charge on any atom is 0.270 e. The Morgan fingerprint density at radius 2 is 1.81 bits per heavy atom. The van der Waals surface area contributed by atoms with Crippen LogP contribution in [0.2, 0.25) is 0 Å². The highest BCUT2D eigenvalue weighted by Gasteiger charge is 2.35. The van der Waals surface area contributed by atoms with Crippen molar-refractivity contribution in [1.82, 2.24) is 5.32 Å². The van der Waals surface area contributed by atoms with Gasteiger partial charge >= 0.3 is 0 Å². The first-order valence-electron chi connectivity index (χ1n) is 6.44. The lowest BCUT2D eigenvalue weighted by Crippen LogP contribution is -2.52. The van der Waals surface area contributed by atoms with Gasteiger partial charge in [0.05, 0.1) is 10.5 Å². The van der Waals surface area contributed by atoms with E-state index in [1.807, 2.05) is 37.3 Å². The molecule has 1 aliphatic heterocycles. The number of anilines is 1. The quantitative estimate of drug-likeness (QED) is 0.655. The molecule has 1 atom stereocenters. The monoisotopic (exact) mass is 283 g/mol. The van der Waals surface area contributed by atoms with Gasteiger partial charge in [0.25, 0.3) is 11.6 Å². The van der Waals surface area contributed by atoms with E-state index >= 15 is 0 Å². The van der Waals surface area contributed by atoms with E-state index in [-0.39, 0.29) is 17.2 Å². The number of carbonyl (C=O) groups is 1. The van der Waals surface area contributed by atoms with Crippen molar-refractivity contribution in [3.05, 3.63) is 69.8 Å². The highest BCUT2D eigenvalue weighted by molar-refractivity contribution is 6.02. The van der Waals surface area contributed by atoms with Gasteiger partial charge in [0.2, 0.25) is 0 Å². The Morgan fingerprint density at radius 3 is 2.48 bits per heavy atom. The Labute approximate surface area is 120 Å². The van der Waals surface area contributed by atoms with E-state index < -0.39 is 10.6 Å². The molecule has 3 rings (SSSR count). The molecule has 0 saturated heterocycles. The van der Waals surface area contributed by atoms with Crippen LogP contribution in [0.25, 0.3) is 0 Å². The molecule has 1 amide bonds. The highest BCUT2D eigenvalue weighted by Crippen LogP contribution is 2.32. The van der Waals surface area contributed by atoms with Crippen molar-refractivity contribution >= 4 is 17.3 Å². The number of nitrogens with one attached hydrogen (secondary N) is 2. The van der Waals surface area contributed by atoms with Crippen molar-refractivity contribution in [1.29, 1.82) is 0 Å². The molecule has 106 valence electrons. The van der Waals surface area contributed by atoms with Crippen molar-refractivity contribution in [2.24, 2.45) is 0 Å². The summed E-state index contributed by atoms with van der Waals surface area (Å²) in [5.41, 5.74) is 0.909. The summed E-state index contributed by atoms with van der Waals surface area (Å²) in [6.45, 7) is 1.85. The number of rotatable bonds is 2. The third kappa shape index (κ3) is 2.20. The van der Waals surface area contributed by atoms with Crippen LogP contribution < -0.4 is 10.6 Å². The average molecular weight is 283 g/mol. The maximum absolute atomic E-state index is 12.3. The zero-order valence-corrected chi connectivity index (χ0v) is 11.3. The molecule has 1 aliphatic rings. The van der Waals surface area contributed by atoms with E-state index in [2.05, 4.69) is 10.6 Å². The Balaban J connectivity index is 2.04. The molecular formula is C15H13N3O3. The molecule has 0 aromatic heterocycles. The second-order valence-electron chi connectivity index (χ2n) is 5.06. The van der Waals surface area contributed by atoms with E-state index in [9.17, 15) is 14.9 Å². The zero-order chi connectivity index (χ0) is 15.0. The number of benzene rings is 2. The van der Waals surface area contributed by atoms with Crippen molar-refractivity contribution in [3.63, 3.8) is 0 Å². The standard InChI is InChI=1S/C15H13N3O3/c1-15(10-5-3-2-4-6-10)16-13-8-7-11(18(20)21)9-12(13)14(19)17-15/h2-9,16H,1H3,(H,17,19). The second kappa shape index (κ2) is 4.59.